The number of aromatic nitrogens is 5. The third-order valence-corrected chi connectivity index (χ3v) is 6.19. The van der Waals surface area contributed by atoms with Gasteiger partial charge < -0.3 is 19.3 Å². The molecular formula is C22H29ClN6O4S. The zero-order valence-electron chi connectivity index (χ0n) is 19.6. The maximum Gasteiger partial charge on any atom is 0.239 e. The van der Waals surface area contributed by atoms with E-state index in [1.165, 1.54) is 11.9 Å². The smallest absolute Gasteiger partial charge is 0.239 e. The number of hydrogen-bond donors (Lipinski definition) is 2. The standard InChI is InChI=1S/C22H29ClN6O4S/c1-14(20(33-4)21-24-12-15(23)13-25-21)34-28-22-27-26-18(10-5-6-11-30)29(22)19-16(31-2)8-7-9-17(19)32-3/h7-9,12-14,20,30H,5-6,10-11H2,1-4H3,(H,27,28)/t14?,20-/m0/s1. The zero-order chi connectivity index (χ0) is 24.5. The molecule has 2 heterocycles. The van der Waals surface area contributed by atoms with Gasteiger partial charge in [-0.25, -0.2) is 9.97 Å². The van der Waals surface area contributed by atoms with Crippen molar-refractivity contribution in [3.05, 3.63) is 47.3 Å². The summed E-state index contributed by atoms with van der Waals surface area (Å²) in [6, 6.07) is 5.57. The van der Waals surface area contributed by atoms with Crippen molar-refractivity contribution in [3.63, 3.8) is 0 Å². The lowest BCUT2D eigenvalue weighted by molar-refractivity contribution is 0.0972. The summed E-state index contributed by atoms with van der Waals surface area (Å²) in [5, 5.41) is 18.4. The van der Waals surface area contributed by atoms with Crippen molar-refractivity contribution < 1.29 is 19.3 Å². The molecule has 0 fully saturated rings. The van der Waals surface area contributed by atoms with E-state index in [1.807, 2.05) is 29.7 Å². The molecule has 2 atom stereocenters. The highest BCUT2D eigenvalue weighted by Crippen LogP contribution is 2.36. The fourth-order valence-electron chi connectivity index (χ4n) is 3.41. The van der Waals surface area contributed by atoms with E-state index in [1.54, 1.807) is 33.7 Å². The van der Waals surface area contributed by atoms with Crippen LogP contribution in [0.15, 0.2) is 30.6 Å². The third kappa shape index (κ3) is 6.09. The number of benzene rings is 1. The van der Waals surface area contributed by atoms with Gasteiger partial charge in [0.15, 0.2) is 5.82 Å². The van der Waals surface area contributed by atoms with Crippen LogP contribution in [0.5, 0.6) is 11.5 Å². The van der Waals surface area contributed by atoms with Gasteiger partial charge in [0.25, 0.3) is 0 Å². The van der Waals surface area contributed by atoms with Gasteiger partial charge in [-0.3, -0.25) is 9.29 Å². The Morgan fingerprint density at radius 1 is 1.09 bits per heavy atom. The fourth-order valence-corrected chi connectivity index (χ4v) is 4.29. The monoisotopic (exact) mass is 508 g/mol. The minimum absolute atomic E-state index is 0.0891. The number of nitrogens with one attached hydrogen (secondary N) is 1. The third-order valence-electron chi connectivity index (χ3n) is 5.08. The average molecular weight is 509 g/mol. The van der Waals surface area contributed by atoms with Crippen LogP contribution >= 0.6 is 23.5 Å². The van der Waals surface area contributed by atoms with E-state index in [2.05, 4.69) is 24.9 Å². The van der Waals surface area contributed by atoms with Crippen LogP contribution in [0.1, 0.15) is 37.5 Å². The molecule has 0 aliphatic heterocycles. The van der Waals surface area contributed by atoms with E-state index in [9.17, 15) is 5.11 Å². The molecule has 184 valence electrons. The highest BCUT2D eigenvalue weighted by atomic mass is 35.5. The van der Waals surface area contributed by atoms with E-state index in [0.29, 0.717) is 46.8 Å². The molecule has 0 aliphatic rings. The number of aryl methyl sites for hydroxylation is 1. The summed E-state index contributed by atoms with van der Waals surface area (Å²) < 4.78 is 22.1. The first kappa shape index (κ1) is 26.0. The first-order chi connectivity index (χ1) is 16.5. The second kappa shape index (κ2) is 12.7. The second-order valence-electron chi connectivity index (χ2n) is 7.31. The van der Waals surface area contributed by atoms with Crippen molar-refractivity contribution in [1.29, 1.82) is 0 Å². The van der Waals surface area contributed by atoms with Crippen molar-refractivity contribution in [2.45, 2.75) is 37.5 Å². The molecule has 1 aromatic carbocycles. The van der Waals surface area contributed by atoms with E-state index in [-0.39, 0.29) is 18.0 Å². The number of aliphatic hydroxyl groups is 1. The van der Waals surface area contributed by atoms with Gasteiger partial charge in [0, 0.05) is 32.5 Å². The van der Waals surface area contributed by atoms with E-state index in [0.717, 1.165) is 12.2 Å². The largest absolute Gasteiger partial charge is 0.494 e. The summed E-state index contributed by atoms with van der Waals surface area (Å²) in [7, 11) is 4.82. The summed E-state index contributed by atoms with van der Waals surface area (Å²) in [6.07, 6.45) is 4.76. The van der Waals surface area contributed by atoms with Gasteiger partial charge in [-0.1, -0.05) is 17.7 Å². The Labute approximate surface area is 208 Å². The number of halogens is 1. The van der Waals surface area contributed by atoms with E-state index >= 15 is 0 Å². The van der Waals surface area contributed by atoms with Crippen molar-refractivity contribution in [3.8, 4) is 17.2 Å². The topological polar surface area (TPSA) is 116 Å². The molecule has 0 saturated heterocycles. The molecule has 0 aliphatic carbocycles. The Hall–Kier alpha value is -2.60. The minimum Gasteiger partial charge on any atom is -0.494 e. The zero-order valence-corrected chi connectivity index (χ0v) is 21.1. The molecule has 2 aromatic heterocycles. The molecule has 34 heavy (non-hydrogen) atoms. The van der Waals surface area contributed by atoms with Crippen molar-refractivity contribution in [1.82, 2.24) is 24.7 Å². The summed E-state index contributed by atoms with van der Waals surface area (Å²) in [4.78, 5) is 8.57. The molecule has 0 spiro atoms. The maximum atomic E-state index is 9.20. The number of ether oxygens (including phenoxy) is 3. The molecule has 3 aromatic rings. The summed E-state index contributed by atoms with van der Waals surface area (Å²) in [6.45, 7) is 2.12. The highest BCUT2D eigenvalue weighted by Gasteiger charge is 2.25. The van der Waals surface area contributed by atoms with Crippen LogP contribution in [0, 0.1) is 0 Å². The van der Waals surface area contributed by atoms with Crippen LogP contribution in [0.25, 0.3) is 5.69 Å². The highest BCUT2D eigenvalue weighted by molar-refractivity contribution is 8.01. The lowest BCUT2D eigenvalue weighted by Crippen LogP contribution is -2.19. The van der Waals surface area contributed by atoms with E-state index < -0.39 is 0 Å². The normalized spacial score (nSPS) is 12.9. The number of unbranched alkanes of at least 4 members (excludes halogenated alkanes) is 1. The maximum absolute atomic E-state index is 9.20. The minimum atomic E-state index is -0.379. The van der Waals surface area contributed by atoms with Gasteiger partial charge in [-0.15, -0.1) is 10.2 Å². The van der Waals surface area contributed by atoms with Gasteiger partial charge in [-0.2, -0.15) is 0 Å². The lowest BCUT2D eigenvalue weighted by atomic mass is 10.2. The predicted octanol–water partition coefficient (Wildman–Crippen LogP) is 3.88. The molecular weight excluding hydrogens is 480 g/mol. The number of aliphatic hydroxyl groups excluding tert-OH is 1. The Morgan fingerprint density at radius 2 is 1.76 bits per heavy atom. The first-order valence-electron chi connectivity index (χ1n) is 10.7. The molecule has 0 amide bonds. The SMILES string of the molecule is COc1cccc(OC)c1-n1c(CCCCO)nnc1NSC(C)[C@H](OC)c1ncc(Cl)cn1. The number of rotatable bonds is 13. The van der Waals surface area contributed by atoms with Crippen LogP contribution in [-0.2, 0) is 11.2 Å². The number of methoxy groups -OCH3 is 3. The van der Waals surface area contributed by atoms with Gasteiger partial charge in [-0.05, 0) is 43.8 Å². The summed E-state index contributed by atoms with van der Waals surface area (Å²) in [5.74, 6) is 2.99. The molecule has 12 heteroatoms. The van der Waals surface area contributed by atoms with E-state index in [4.69, 9.17) is 25.8 Å². The number of nitrogens with zero attached hydrogens (tertiary/aromatic N) is 5. The first-order valence-corrected chi connectivity index (χ1v) is 12.0. The van der Waals surface area contributed by atoms with Crippen molar-refractivity contribution in [2.24, 2.45) is 0 Å². The van der Waals surface area contributed by atoms with Gasteiger partial charge >= 0.3 is 0 Å². The predicted molar refractivity (Wildman–Crippen MR) is 132 cm³/mol. The second-order valence-corrected chi connectivity index (χ2v) is 8.93. The lowest BCUT2D eigenvalue weighted by Gasteiger charge is -2.22. The van der Waals surface area contributed by atoms with Crippen molar-refractivity contribution >= 4 is 29.5 Å². The quantitative estimate of drug-likeness (QED) is 0.260. The molecule has 2 N–H and O–H groups in total. The molecule has 0 bridgehead atoms. The molecule has 1 unspecified atom stereocenters. The van der Waals surface area contributed by atoms with Gasteiger partial charge in [0.05, 0.1) is 24.5 Å². The Kier molecular flexibility index (Phi) is 9.75. The van der Waals surface area contributed by atoms with Crippen molar-refractivity contribution in [2.75, 3.05) is 32.7 Å². The van der Waals surface area contributed by atoms with Crippen LogP contribution in [0.4, 0.5) is 5.95 Å². The Morgan fingerprint density at radius 3 is 2.35 bits per heavy atom. The number of para-hydroxylation sites is 1. The van der Waals surface area contributed by atoms with Gasteiger partial charge in [0.1, 0.15) is 29.1 Å². The van der Waals surface area contributed by atoms with Crippen LogP contribution < -0.4 is 14.2 Å². The molecule has 0 saturated carbocycles. The number of hydrogen-bond acceptors (Lipinski definition) is 10. The molecule has 0 radical (unpaired) electrons. The Balaban J connectivity index is 1.91. The van der Waals surface area contributed by atoms with Crippen LogP contribution in [0.3, 0.4) is 0 Å². The summed E-state index contributed by atoms with van der Waals surface area (Å²) >= 11 is 7.32. The molecule has 3 rings (SSSR count). The average Bonchev–Trinajstić information content (AvgIpc) is 3.26. The van der Waals surface area contributed by atoms with Crippen LogP contribution in [0.2, 0.25) is 5.02 Å². The number of anilines is 1. The molecule has 10 nitrogen and oxygen atoms in total. The van der Waals surface area contributed by atoms with Crippen LogP contribution in [-0.4, -0.2) is 63.0 Å². The van der Waals surface area contributed by atoms with Gasteiger partial charge in [0.2, 0.25) is 5.95 Å². The summed E-state index contributed by atoms with van der Waals surface area (Å²) in [5.41, 5.74) is 0.691. The fraction of sp³-hybridized carbons (Fsp3) is 0.455. The Bertz CT molecular complexity index is 1030.